The molecule has 0 aromatic carbocycles. The molecular formula is C16H23NO3. The van der Waals surface area contributed by atoms with Gasteiger partial charge in [-0.2, -0.15) is 0 Å². The summed E-state index contributed by atoms with van der Waals surface area (Å²) in [6, 6.07) is 1.93. The minimum absolute atomic E-state index is 0.470. The van der Waals surface area contributed by atoms with E-state index in [2.05, 4.69) is 31.2 Å². The lowest BCUT2D eigenvalue weighted by Crippen LogP contribution is -2.12. The van der Waals surface area contributed by atoms with Crippen LogP contribution in [0.25, 0.3) is 0 Å². The van der Waals surface area contributed by atoms with Gasteiger partial charge in [0.05, 0.1) is 24.7 Å². The third-order valence-corrected chi connectivity index (χ3v) is 3.32. The fourth-order valence-electron chi connectivity index (χ4n) is 2.26. The molecule has 1 aliphatic rings. The van der Waals surface area contributed by atoms with Gasteiger partial charge < -0.3 is 14.0 Å². The standard InChI is InChI=1S/C16H23NO3/c1-12-4-5-16(13(2)10-12)19-9-8-18-7-6-15-11-14(3)20-17-15/h4-5,11,13H,6-10H2,1-3H3. The van der Waals surface area contributed by atoms with Crippen LogP contribution in [-0.2, 0) is 15.9 Å². The van der Waals surface area contributed by atoms with E-state index in [9.17, 15) is 0 Å². The lowest BCUT2D eigenvalue weighted by molar-refractivity contribution is 0.0687. The monoisotopic (exact) mass is 277 g/mol. The first kappa shape index (κ1) is 14.9. The molecule has 0 saturated carbocycles. The van der Waals surface area contributed by atoms with Crippen molar-refractivity contribution in [2.45, 2.75) is 33.6 Å². The molecular weight excluding hydrogens is 254 g/mol. The summed E-state index contributed by atoms with van der Waals surface area (Å²) in [7, 11) is 0. The highest BCUT2D eigenvalue weighted by Crippen LogP contribution is 2.24. The van der Waals surface area contributed by atoms with E-state index in [0.717, 1.165) is 30.1 Å². The molecule has 20 heavy (non-hydrogen) atoms. The first-order valence-electron chi connectivity index (χ1n) is 7.15. The smallest absolute Gasteiger partial charge is 0.133 e. The van der Waals surface area contributed by atoms with Gasteiger partial charge in [-0.3, -0.25) is 0 Å². The number of aromatic nitrogens is 1. The molecule has 0 spiro atoms. The summed E-state index contributed by atoms with van der Waals surface area (Å²) in [4.78, 5) is 0. The van der Waals surface area contributed by atoms with Gasteiger partial charge in [-0.05, 0) is 26.3 Å². The van der Waals surface area contributed by atoms with Crippen molar-refractivity contribution in [2.24, 2.45) is 5.92 Å². The van der Waals surface area contributed by atoms with Crippen LogP contribution in [0.15, 0.2) is 34.1 Å². The van der Waals surface area contributed by atoms with Crippen molar-refractivity contribution < 1.29 is 14.0 Å². The molecule has 0 N–H and O–H groups in total. The summed E-state index contributed by atoms with van der Waals surface area (Å²) < 4.78 is 16.3. The molecule has 0 amide bonds. The molecule has 1 unspecified atom stereocenters. The number of nitrogens with zero attached hydrogens (tertiary/aromatic N) is 1. The van der Waals surface area contributed by atoms with Crippen molar-refractivity contribution in [3.8, 4) is 0 Å². The van der Waals surface area contributed by atoms with Crippen LogP contribution in [0.2, 0.25) is 0 Å². The van der Waals surface area contributed by atoms with Crippen LogP contribution in [0.1, 0.15) is 31.7 Å². The lowest BCUT2D eigenvalue weighted by Gasteiger charge is -2.20. The minimum Gasteiger partial charge on any atom is -0.495 e. The van der Waals surface area contributed by atoms with Crippen molar-refractivity contribution in [3.05, 3.63) is 41.0 Å². The molecule has 1 atom stereocenters. The number of hydrogen-bond donors (Lipinski definition) is 0. The summed E-state index contributed by atoms with van der Waals surface area (Å²) in [5.41, 5.74) is 2.34. The molecule has 1 aromatic heterocycles. The van der Waals surface area contributed by atoms with Gasteiger partial charge in [0.1, 0.15) is 12.4 Å². The highest BCUT2D eigenvalue weighted by atomic mass is 16.5. The molecule has 0 aliphatic heterocycles. The van der Waals surface area contributed by atoms with Gasteiger partial charge in [0.2, 0.25) is 0 Å². The second-order valence-corrected chi connectivity index (χ2v) is 5.33. The fourth-order valence-corrected chi connectivity index (χ4v) is 2.26. The molecule has 1 aliphatic carbocycles. The van der Waals surface area contributed by atoms with Gasteiger partial charge in [0.25, 0.3) is 0 Å². The zero-order valence-corrected chi connectivity index (χ0v) is 12.5. The van der Waals surface area contributed by atoms with E-state index in [0.29, 0.717) is 25.7 Å². The maximum Gasteiger partial charge on any atom is 0.133 e. The number of hydrogen-bond acceptors (Lipinski definition) is 4. The van der Waals surface area contributed by atoms with Gasteiger partial charge in [-0.15, -0.1) is 0 Å². The van der Waals surface area contributed by atoms with Crippen LogP contribution in [0.4, 0.5) is 0 Å². The van der Waals surface area contributed by atoms with Crippen molar-refractivity contribution in [3.63, 3.8) is 0 Å². The maximum atomic E-state index is 5.76. The van der Waals surface area contributed by atoms with Crippen molar-refractivity contribution >= 4 is 0 Å². The Morgan fingerprint density at radius 2 is 2.10 bits per heavy atom. The highest BCUT2D eigenvalue weighted by Gasteiger charge is 2.13. The average molecular weight is 277 g/mol. The van der Waals surface area contributed by atoms with E-state index in [4.69, 9.17) is 14.0 Å². The molecule has 0 saturated heterocycles. The molecule has 1 heterocycles. The second-order valence-electron chi connectivity index (χ2n) is 5.33. The van der Waals surface area contributed by atoms with Crippen LogP contribution in [0, 0.1) is 12.8 Å². The quantitative estimate of drug-likeness (QED) is 0.716. The minimum atomic E-state index is 0.470. The molecule has 0 fully saturated rings. The summed E-state index contributed by atoms with van der Waals surface area (Å²) in [6.07, 6.45) is 6.06. The van der Waals surface area contributed by atoms with Gasteiger partial charge in [-0.25, -0.2) is 0 Å². The summed E-state index contributed by atoms with van der Waals surface area (Å²) in [5.74, 6) is 2.37. The Labute approximate surface area is 120 Å². The van der Waals surface area contributed by atoms with Crippen LogP contribution < -0.4 is 0 Å². The van der Waals surface area contributed by atoms with E-state index >= 15 is 0 Å². The second kappa shape index (κ2) is 7.29. The maximum absolute atomic E-state index is 5.76. The molecule has 2 rings (SSSR count). The van der Waals surface area contributed by atoms with Gasteiger partial charge in [0, 0.05) is 18.4 Å². The van der Waals surface area contributed by atoms with Crippen molar-refractivity contribution in [2.75, 3.05) is 19.8 Å². The Morgan fingerprint density at radius 1 is 1.25 bits per heavy atom. The Bertz CT molecular complexity index is 488. The van der Waals surface area contributed by atoms with Crippen molar-refractivity contribution in [1.82, 2.24) is 5.16 Å². The summed E-state index contributed by atoms with van der Waals surface area (Å²) >= 11 is 0. The van der Waals surface area contributed by atoms with E-state index in [1.54, 1.807) is 0 Å². The predicted octanol–water partition coefficient (Wildman–Crippen LogP) is 3.43. The molecule has 110 valence electrons. The van der Waals surface area contributed by atoms with E-state index in [1.165, 1.54) is 5.57 Å². The highest BCUT2D eigenvalue weighted by molar-refractivity contribution is 5.21. The fraction of sp³-hybridized carbons (Fsp3) is 0.562. The lowest BCUT2D eigenvalue weighted by atomic mass is 9.95. The molecule has 4 nitrogen and oxygen atoms in total. The first-order chi connectivity index (χ1) is 9.65. The Hall–Kier alpha value is -1.55. The topological polar surface area (TPSA) is 44.5 Å². The third-order valence-electron chi connectivity index (χ3n) is 3.32. The van der Waals surface area contributed by atoms with Crippen LogP contribution in [0.3, 0.4) is 0 Å². The average Bonchev–Trinajstić information content (AvgIpc) is 2.81. The molecule has 0 bridgehead atoms. The molecule has 0 radical (unpaired) electrons. The number of aryl methyl sites for hydroxylation is 1. The van der Waals surface area contributed by atoms with Crippen LogP contribution in [0.5, 0.6) is 0 Å². The Morgan fingerprint density at radius 3 is 2.80 bits per heavy atom. The predicted molar refractivity (Wildman–Crippen MR) is 77.3 cm³/mol. The van der Waals surface area contributed by atoms with E-state index < -0.39 is 0 Å². The SMILES string of the molecule is CC1=CC=C(OCCOCCc2cc(C)on2)C(C)C1. The Balaban J connectivity index is 1.58. The summed E-state index contributed by atoms with van der Waals surface area (Å²) in [5, 5.41) is 3.92. The van der Waals surface area contributed by atoms with Crippen LogP contribution >= 0.6 is 0 Å². The third kappa shape index (κ3) is 4.53. The first-order valence-corrected chi connectivity index (χ1v) is 7.15. The Kier molecular flexibility index (Phi) is 5.41. The number of rotatable bonds is 7. The van der Waals surface area contributed by atoms with Gasteiger partial charge in [-0.1, -0.05) is 23.7 Å². The number of ether oxygens (including phenoxy) is 2. The largest absolute Gasteiger partial charge is 0.495 e. The zero-order chi connectivity index (χ0) is 14.4. The van der Waals surface area contributed by atoms with Crippen LogP contribution in [-0.4, -0.2) is 25.0 Å². The van der Waals surface area contributed by atoms with Gasteiger partial charge >= 0.3 is 0 Å². The van der Waals surface area contributed by atoms with Gasteiger partial charge in [0.15, 0.2) is 0 Å². The van der Waals surface area contributed by atoms with Crippen molar-refractivity contribution in [1.29, 1.82) is 0 Å². The van der Waals surface area contributed by atoms with E-state index in [-0.39, 0.29) is 0 Å². The summed E-state index contributed by atoms with van der Waals surface area (Å²) in [6.45, 7) is 8.07. The normalized spacial score (nSPS) is 18.6. The van der Waals surface area contributed by atoms with E-state index in [1.807, 2.05) is 13.0 Å². The molecule has 1 aromatic rings. The molecule has 4 heteroatoms. The zero-order valence-electron chi connectivity index (χ0n) is 12.5. The number of allylic oxidation sites excluding steroid dienone is 4.